The molecule has 1 N–H and O–H groups in total. The van der Waals surface area contributed by atoms with Gasteiger partial charge in [-0.15, -0.1) is 0 Å². The fraction of sp³-hybridized carbons (Fsp3) is 0.273. The van der Waals surface area contributed by atoms with Gasteiger partial charge in [0.15, 0.2) is 6.04 Å². The molecule has 34 heavy (non-hydrogen) atoms. The van der Waals surface area contributed by atoms with Crippen LogP contribution in [0.5, 0.6) is 0 Å². The van der Waals surface area contributed by atoms with Crippen molar-refractivity contribution in [1.29, 1.82) is 0 Å². The maximum atomic E-state index is 13.7. The topological polar surface area (TPSA) is 60.3 Å². The molecule has 0 aliphatic carbocycles. The van der Waals surface area contributed by atoms with Crippen molar-refractivity contribution < 1.29 is 40.7 Å². The lowest BCUT2D eigenvalue weighted by atomic mass is 10.0. The third kappa shape index (κ3) is 5.14. The van der Waals surface area contributed by atoms with Gasteiger partial charge in [0.2, 0.25) is 0 Å². The molecule has 1 unspecified atom stereocenters. The maximum absolute atomic E-state index is 13.7. The van der Waals surface area contributed by atoms with E-state index in [9.17, 15) is 35.9 Å². The zero-order valence-corrected chi connectivity index (χ0v) is 18.4. The number of halogens is 7. The summed E-state index contributed by atoms with van der Waals surface area (Å²) in [6, 6.07) is 3.88. The molecular weight excluding hydrogens is 490 g/mol. The lowest BCUT2D eigenvalue weighted by Crippen LogP contribution is -2.38. The first-order chi connectivity index (χ1) is 15.7. The molecule has 2 aromatic carbocycles. The second kappa shape index (κ2) is 9.21. The van der Waals surface area contributed by atoms with Gasteiger partial charge in [0.25, 0.3) is 5.91 Å². The number of carbonyl (C=O) groups excluding carboxylic acids is 2. The Labute approximate surface area is 194 Å². The summed E-state index contributed by atoms with van der Waals surface area (Å²) in [5.74, 6) is -1.90. The van der Waals surface area contributed by atoms with Crippen LogP contribution in [0.25, 0.3) is 10.9 Å². The first-order valence-corrected chi connectivity index (χ1v) is 10.1. The van der Waals surface area contributed by atoms with E-state index in [1.54, 1.807) is 12.2 Å². The first kappa shape index (κ1) is 25.4. The van der Waals surface area contributed by atoms with Crippen molar-refractivity contribution in [2.45, 2.75) is 25.3 Å². The number of rotatable bonds is 5. The normalized spacial score (nSPS) is 13.1. The number of aromatic nitrogens is 1. The van der Waals surface area contributed by atoms with Crippen LogP contribution in [0.15, 0.2) is 42.5 Å². The summed E-state index contributed by atoms with van der Waals surface area (Å²) in [4.78, 5) is 24.8. The summed E-state index contributed by atoms with van der Waals surface area (Å²) in [7, 11) is 1.39. The van der Waals surface area contributed by atoms with Gasteiger partial charge in [-0.2, -0.15) is 26.3 Å². The summed E-state index contributed by atoms with van der Waals surface area (Å²) in [6.07, 6.45) is -9.94. The first-order valence-electron chi connectivity index (χ1n) is 9.74. The van der Waals surface area contributed by atoms with Crippen molar-refractivity contribution in [1.82, 2.24) is 9.88 Å². The van der Waals surface area contributed by atoms with Crippen LogP contribution in [0.1, 0.15) is 44.9 Å². The van der Waals surface area contributed by atoms with Crippen LogP contribution in [-0.4, -0.2) is 29.2 Å². The third-order valence-corrected chi connectivity index (χ3v) is 5.32. The number of alkyl halides is 6. The van der Waals surface area contributed by atoms with E-state index in [1.807, 2.05) is 0 Å². The summed E-state index contributed by atoms with van der Waals surface area (Å²) in [6.45, 7) is 1.68. The van der Waals surface area contributed by atoms with Crippen LogP contribution in [0.2, 0.25) is 5.02 Å². The molecule has 12 heteroatoms. The summed E-state index contributed by atoms with van der Waals surface area (Å²) >= 11 is 6.12. The van der Waals surface area contributed by atoms with Crippen LogP contribution in [-0.2, 0) is 18.0 Å². The second-order valence-corrected chi connectivity index (χ2v) is 7.68. The van der Waals surface area contributed by atoms with E-state index in [2.05, 4.69) is 0 Å². The number of esters is 1. The Morgan fingerprint density at radius 3 is 2.35 bits per heavy atom. The number of nitrogens with one attached hydrogen (secondary N) is 1. The van der Waals surface area contributed by atoms with E-state index in [1.165, 1.54) is 29.8 Å². The molecule has 3 rings (SSSR count). The monoisotopic (exact) mass is 506 g/mol. The highest BCUT2D eigenvalue weighted by Crippen LogP contribution is 2.37. The molecule has 0 saturated heterocycles. The molecule has 0 bridgehead atoms. The zero-order valence-electron chi connectivity index (χ0n) is 17.6. The molecule has 182 valence electrons. The molecule has 1 atom stereocenters. The smallest absolute Gasteiger partial charge is 0.416 e. The minimum absolute atomic E-state index is 0.00529. The van der Waals surface area contributed by atoms with Gasteiger partial charge >= 0.3 is 18.3 Å². The number of amides is 1. The van der Waals surface area contributed by atoms with Crippen molar-refractivity contribution in [2.75, 3.05) is 6.61 Å². The standard InChI is InChI=1S/C22H17ClF6N2O3/c1-3-34-20(33)14-8-12-9-17(31(2)16(12)10-15(14)23)19(32)30-18(22(27,28)29)11-5-4-6-13(7-11)21(24,25)26/h4-10,18H,3H2,1-2H3,(H,30,32). The Morgan fingerprint density at radius 2 is 1.76 bits per heavy atom. The van der Waals surface area contributed by atoms with Gasteiger partial charge < -0.3 is 14.6 Å². The van der Waals surface area contributed by atoms with E-state index in [0.717, 1.165) is 12.1 Å². The lowest BCUT2D eigenvalue weighted by Gasteiger charge is -2.23. The minimum atomic E-state index is -5.08. The highest BCUT2D eigenvalue weighted by atomic mass is 35.5. The van der Waals surface area contributed by atoms with Crippen LogP contribution in [0.3, 0.4) is 0 Å². The van der Waals surface area contributed by atoms with Crippen molar-refractivity contribution in [2.24, 2.45) is 7.05 Å². The third-order valence-electron chi connectivity index (χ3n) is 5.01. The second-order valence-electron chi connectivity index (χ2n) is 7.27. The van der Waals surface area contributed by atoms with Crippen LogP contribution >= 0.6 is 11.6 Å². The molecule has 1 amide bonds. The van der Waals surface area contributed by atoms with Gasteiger partial charge in [-0.1, -0.05) is 23.7 Å². The van der Waals surface area contributed by atoms with Gasteiger partial charge in [0.05, 0.1) is 22.8 Å². The van der Waals surface area contributed by atoms with E-state index in [-0.39, 0.29) is 22.9 Å². The van der Waals surface area contributed by atoms with Gasteiger partial charge in [0.1, 0.15) is 5.69 Å². The van der Waals surface area contributed by atoms with Crippen molar-refractivity contribution in [3.05, 3.63) is 69.9 Å². The number of hydrogen-bond acceptors (Lipinski definition) is 3. The van der Waals surface area contributed by atoms with Crippen LogP contribution in [0, 0.1) is 0 Å². The molecular formula is C22H17ClF6N2O3. The predicted molar refractivity (Wildman–Crippen MR) is 112 cm³/mol. The van der Waals surface area contributed by atoms with Crippen LogP contribution in [0.4, 0.5) is 26.3 Å². The highest BCUT2D eigenvalue weighted by Gasteiger charge is 2.43. The minimum Gasteiger partial charge on any atom is -0.462 e. The summed E-state index contributed by atoms with van der Waals surface area (Å²) in [5.41, 5.74) is -1.94. The summed E-state index contributed by atoms with van der Waals surface area (Å²) < 4.78 is 86.2. The largest absolute Gasteiger partial charge is 0.462 e. The quantitative estimate of drug-likeness (QED) is 0.338. The molecule has 1 heterocycles. The Morgan fingerprint density at radius 1 is 1.09 bits per heavy atom. The number of fused-ring (bicyclic) bond motifs is 1. The van der Waals surface area contributed by atoms with Crippen molar-refractivity contribution in [3.63, 3.8) is 0 Å². The average molecular weight is 507 g/mol. The molecule has 3 aromatic rings. The molecule has 0 fully saturated rings. The lowest BCUT2D eigenvalue weighted by molar-refractivity contribution is -0.156. The highest BCUT2D eigenvalue weighted by molar-refractivity contribution is 6.34. The Hall–Kier alpha value is -3.21. The number of carbonyl (C=O) groups is 2. The van der Waals surface area contributed by atoms with Gasteiger partial charge in [0, 0.05) is 18.0 Å². The number of hydrogen-bond donors (Lipinski definition) is 1. The predicted octanol–water partition coefficient (Wildman–Crippen LogP) is 6.06. The van der Waals surface area contributed by atoms with E-state index >= 15 is 0 Å². The van der Waals surface area contributed by atoms with Crippen LogP contribution < -0.4 is 5.32 Å². The Bertz CT molecular complexity index is 1250. The molecule has 0 saturated carbocycles. The number of nitrogens with zero attached hydrogens (tertiary/aromatic N) is 1. The molecule has 0 aliphatic rings. The fourth-order valence-corrected chi connectivity index (χ4v) is 3.63. The fourth-order valence-electron chi connectivity index (χ4n) is 3.40. The van der Waals surface area contributed by atoms with E-state index in [0.29, 0.717) is 23.0 Å². The van der Waals surface area contributed by atoms with Gasteiger partial charge in [-0.25, -0.2) is 4.79 Å². The molecule has 1 aromatic heterocycles. The molecule has 0 spiro atoms. The molecule has 0 aliphatic heterocycles. The Balaban J connectivity index is 2.00. The van der Waals surface area contributed by atoms with E-state index in [4.69, 9.17) is 16.3 Å². The van der Waals surface area contributed by atoms with Gasteiger partial charge in [-0.05, 0) is 42.8 Å². The number of benzene rings is 2. The number of aryl methyl sites for hydroxylation is 1. The van der Waals surface area contributed by atoms with E-state index < -0.39 is 41.4 Å². The Kier molecular flexibility index (Phi) is 6.88. The molecule has 0 radical (unpaired) electrons. The average Bonchev–Trinajstić information content (AvgIpc) is 3.05. The SMILES string of the molecule is CCOC(=O)c1cc2cc(C(=O)NC(c3cccc(C(F)(F)F)c3)C(F)(F)F)n(C)c2cc1Cl. The zero-order chi connectivity index (χ0) is 25.4. The van der Waals surface area contributed by atoms with Gasteiger partial charge in [-0.3, -0.25) is 4.79 Å². The molecule has 5 nitrogen and oxygen atoms in total. The summed E-state index contributed by atoms with van der Waals surface area (Å²) in [5, 5.41) is 2.10. The van der Waals surface area contributed by atoms with Crippen molar-refractivity contribution in [3.8, 4) is 0 Å². The van der Waals surface area contributed by atoms with Crippen molar-refractivity contribution >= 4 is 34.4 Å². The number of ether oxygens (including phenoxy) is 1. The maximum Gasteiger partial charge on any atom is 0.416 e.